The van der Waals surface area contributed by atoms with Gasteiger partial charge in [-0.2, -0.15) is 0 Å². The molecule has 0 bridgehead atoms. The van der Waals surface area contributed by atoms with Gasteiger partial charge in [0.2, 0.25) is 0 Å². The van der Waals surface area contributed by atoms with Gasteiger partial charge in [0.05, 0.1) is 33.4 Å². The van der Waals surface area contributed by atoms with Crippen LogP contribution in [0.1, 0.15) is 62.1 Å². The fraction of sp³-hybridized carbons (Fsp3) is 0. The lowest BCUT2D eigenvalue weighted by molar-refractivity contribution is 0.0650. The summed E-state index contributed by atoms with van der Waals surface area (Å²) in [7, 11) is -4.07. The van der Waals surface area contributed by atoms with Gasteiger partial charge >= 0.3 is 35.8 Å². The highest BCUT2D eigenvalue weighted by atomic mass is 28.3. The fourth-order valence-corrected chi connectivity index (χ4v) is 12.3. The number of carboxylic acids is 6. The Morgan fingerprint density at radius 3 is 1.02 bits per heavy atom. The highest BCUT2D eigenvalue weighted by Crippen LogP contribution is 2.42. The van der Waals surface area contributed by atoms with Crippen LogP contribution in [-0.4, -0.2) is 74.5 Å². The molecule has 6 rings (SSSR count). The van der Waals surface area contributed by atoms with E-state index in [-0.39, 0.29) is 16.3 Å². The first kappa shape index (κ1) is 37.1. The van der Waals surface area contributed by atoms with E-state index in [0.717, 1.165) is 30.3 Å². The normalized spacial score (nSPS) is 11.1. The van der Waals surface area contributed by atoms with Crippen molar-refractivity contribution in [1.82, 2.24) is 0 Å². The van der Waals surface area contributed by atoms with Gasteiger partial charge in [0.25, 0.3) is 0 Å². The van der Waals surface area contributed by atoms with Crippen molar-refractivity contribution in [2.75, 3.05) is 0 Å². The quantitative estimate of drug-likeness (QED) is 0.0746. The van der Waals surface area contributed by atoms with Crippen molar-refractivity contribution in [1.29, 1.82) is 0 Å². The molecule has 12 nitrogen and oxygen atoms in total. The van der Waals surface area contributed by atoms with Gasteiger partial charge in [-0.3, -0.25) is 0 Å². The van der Waals surface area contributed by atoms with Crippen LogP contribution < -0.4 is 20.7 Å². The third-order valence-electron chi connectivity index (χ3n) is 9.35. The van der Waals surface area contributed by atoms with E-state index < -0.39 is 88.4 Å². The van der Waals surface area contributed by atoms with Crippen LogP contribution in [0.4, 0.5) is 0 Å². The van der Waals surface area contributed by atoms with Crippen molar-refractivity contribution in [3.63, 3.8) is 0 Å². The highest BCUT2D eigenvalue weighted by Gasteiger charge is 2.46. The molecule has 55 heavy (non-hydrogen) atoms. The lowest BCUT2D eigenvalue weighted by Crippen LogP contribution is -2.75. The SMILES string of the molecule is O=C(O)c1cccc(-c2c([Si](c3ccccc3)(c3ccccc3)c3ccccc3)cc(C(=O)O)c(C(=O)O)c2-c2cccc(C(=O)O)c2C(=O)O)c1C(=O)O. The Morgan fingerprint density at radius 1 is 0.345 bits per heavy atom. The second kappa shape index (κ2) is 14.8. The molecule has 0 amide bonds. The molecule has 0 aliphatic heterocycles. The first-order valence-corrected chi connectivity index (χ1v) is 18.4. The lowest BCUT2D eigenvalue weighted by atomic mass is 9.82. The Labute approximate surface area is 312 Å². The molecule has 0 saturated carbocycles. The van der Waals surface area contributed by atoms with E-state index in [1.807, 2.05) is 0 Å². The van der Waals surface area contributed by atoms with E-state index in [1.54, 1.807) is 91.0 Å². The summed E-state index contributed by atoms with van der Waals surface area (Å²) >= 11 is 0. The minimum atomic E-state index is -4.07. The maximum absolute atomic E-state index is 13.4. The topological polar surface area (TPSA) is 224 Å². The van der Waals surface area contributed by atoms with Crippen LogP contribution in [-0.2, 0) is 0 Å². The fourth-order valence-electron chi connectivity index (χ4n) is 7.29. The number of hydrogen-bond acceptors (Lipinski definition) is 6. The lowest BCUT2D eigenvalue weighted by Gasteiger charge is -2.37. The monoisotopic (exact) mass is 752 g/mol. The Morgan fingerprint density at radius 2 is 0.691 bits per heavy atom. The Kier molecular flexibility index (Phi) is 9.97. The second-order valence-corrected chi connectivity index (χ2v) is 16.0. The van der Waals surface area contributed by atoms with Crippen LogP contribution >= 0.6 is 0 Å². The van der Waals surface area contributed by atoms with E-state index in [2.05, 4.69) is 0 Å². The van der Waals surface area contributed by atoms with Crippen LogP contribution in [0, 0.1) is 0 Å². The molecule has 13 heteroatoms. The zero-order valence-electron chi connectivity index (χ0n) is 28.3. The molecule has 0 radical (unpaired) electrons. The van der Waals surface area contributed by atoms with Crippen molar-refractivity contribution in [2.45, 2.75) is 0 Å². The van der Waals surface area contributed by atoms with Crippen LogP contribution in [0.25, 0.3) is 22.3 Å². The van der Waals surface area contributed by atoms with Gasteiger partial charge in [-0.25, -0.2) is 28.8 Å². The summed E-state index contributed by atoms with van der Waals surface area (Å²) in [6.45, 7) is 0. The van der Waals surface area contributed by atoms with Gasteiger partial charge < -0.3 is 30.6 Å². The molecule has 0 aliphatic rings. The van der Waals surface area contributed by atoms with Gasteiger partial charge in [0, 0.05) is 5.56 Å². The van der Waals surface area contributed by atoms with Crippen LogP contribution in [0.5, 0.6) is 0 Å². The summed E-state index contributed by atoms with van der Waals surface area (Å²) in [4.78, 5) is 78.1. The molecule has 0 atom stereocenters. The van der Waals surface area contributed by atoms with Gasteiger partial charge in [0.1, 0.15) is 0 Å². The first-order chi connectivity index (χ1) is 26.3. The Bertz CT molecular complexity index is 2450. The highest BCUT2D eigenvalue weighted by molar-refractivity contribution is 7.20. The summed E-state index contributed by atoms with van der Waals surface area (Å²) in [6, 6.07) is 34.2. The maximum atomic E-state index is 13.4. The minimum Gasteiger partial charge on any atom is -0.478 e. The number of aromatic carboxylic acids is 6. The summed E-state index contributed by atoms with van der Waals surface area (Å²) < 4.78 is 0. The molecule has 272 valence electrons. The molecule has 0 aromatic heterocycles. The van der Waals surface area contributed by atoms with Crippen molar-refractivity contribution in [3.8, 4) is 22.3 Å². The van der Waals surface area contributed by atoms with E-state index in [4.69, 9.17) is 0 Å². The molecule has 0 heterocycles. The standard InChI is InChI=1S/C42H28O12Si/c43-37(44)28-20-10-18-26(32(28)40(49)50)34-31(55(23-12-4-1-5-13-23,24-14-6-2-7-15-24)25-16-8-3-9-17-25)22-30(39(47)48)36(42(53)54)35(34)27-19-11-21-29(38(45)46)33(27)41(51)52/h1-22H,(H,43,44)(H,45,46)(H,47,48)(H,49,50)(H,51,52)(H,53,54). The molecule has 6 aromatic carbocycles. The molecule has 6 aromatic rings. The molecule has 0 saturated heterocycles. The number of hydrogen-bond donors (Lipinski definition) is 6. The average molecular weight is 753 g/mol. The molecule has 0 fully saturated rings. The Balaban J connectivity index is 2.08. The van der Waals surface area contributed by atoms with Gasteiger partial charge in [0.15, 0.2) is 8.07 Å². The summed E-state index contributed by atoms with van der Waals surface area (Å²) in [6.07, 6.45) is 0. The van der Waals surface area contributed by atoms with Crippen LogP contribution in [0.15, 0.2) is 133 Å². The molecule has 0 spiro atoms. The van der Waals surface area contributed by atoms with Crippen molar-refractivity contribution >= 4 is 64.6 Å². The predicted octanol–water partition coefficient (Wildman–Crippen LogP) is 4.59. The minimum absolute atomic E-state index is 0.0515. The molecular formula is C42H28O12Si. The van der Waals surface area contributed by atoms with Crippen molar-refractivity contribution in [3.05, 3.63) is 167 Å². The second-order valence-electron chi connectivity index (χ2n) is 12.2. The molecular weight excluding hydrogens is 725 g/mol. The average Bonchev–Trinajstić information content (AvgIpc) is 3.18. The third-order valence-corrected chi connectivity index (χ3v) is 14.2. The van der Waals surface area contributed by atoms with Crippen LogP contribution in [0.2, 0.25) is 0 Å². The van der Waals surface area contributed by atoms with Gasteiger partial charge in [-0.15, -0.1) is 0 Å². The van der Waals surface area contributed by atoms with Gasteiger partial charge in [-0.05, 0) is 55.6 Å². The summed E-state index contributed by atoms with van der Waals surface area (Å²) in [5.74, 6) is -10.5. The van der Waals surface area contributed by atoms with E-state index in [1.165, 1.54) is 12.1 Å². The third kappa shape index (κ3) is 6.30. The number of rotatable bonds is 12. The van der Waals surface area contributed by atoms with Crippen LogP contribution in [0.3, 0.4) is 0 Å². The zero-order valence-corrected chi connectivity index (χ0v) is 29.3. The maximum Gasteiger partial charge on any atom is 0.337 e. The molecule has 0 unspecified atom stereocenters. The number of benzene rings is 6. The zero-order chi connectivity index (χ0) is 39.6. The summed E-state index contributed by atoms with van der Waals surface area (Å²) in [5, 5.41) is 65.2. The predicted molar refractivity (Wildman–Crippen MR) is 203 cm³/mol. The van der Waals surface area contributed by atoms with E-state index in [0.29, 0.717) is 15.6 Å². The summed E-state index contributed by atoms with van der Waals surface area (Å²) in [5.41, 5.74) is -6.87. The molecule has 0 aliphatic carbocycles. The molecule has 6 N–H and O–H groups in total. The van der Waals surface area contributed by atoms with Gasteiger partial charge in [-0.1, -0.05) is 115 Å². The van der Waals surface area contributed by atoms with E-state index >= 15 is 0 Å². The number of carbonyl (C=O) groups is 6. The van der Waals surface area contributed by atoms with E-state index in [9.17, 15) is 59.4 Å². The van der Waals surface area contributed by atoms with Crippen molar-refractivity contribution < 1.29 is 59.4 Å². The first-order valence-electron chi connectivity index (χ1n) is 16.4. The Hall–Kier alpha value is -7.64. The number of carboxylic acid groups (broad SMARTS) is 6. The smallest absolute Gasteiger partial charge is 0.337 e. The largest absolute Gasteiger partial charge is 0.478 e. The van der Waals surface area contributed by atoms with Crippen molar-refractivity contribution in [2.24, 2.45) is 0 Å².